The minimum absolute atomic E-state index is 0.0120. The van der Waals surface area contributed by atoms with Crippen LogP contribution in [-0.4, -0.2) is 12.0 Å². The molecule has 0 unspecified atom stereocenters. The fraction of sp³-hybridized carbons (Fsp3) is 0.0714. The van der Waals surface area contributed by atoms with Crippen LogP contribution in [0.2, 0.25) is 0 Å². The summed E-state index contributed by atoms with van der Waals surface area (Å²) >= 11 is 4.88. The van der Waals surface area contributed by atoms with Crippen LogP contribution in [0.1, 0.15) is 5.56 Å². The maximum absolute atomic E-state index is 13.8. The van der Waals surface area contributed by atoms with Crippen LogP contribution in [0.4, 0.5) is 20.2 Å². The van der Waals surface area contributed by atoms with Gasteiger partial charge in [0.2, 0.25) is 0 Å². The van der Waals surface area contributed by atoms with Gasteiger partial charge >= 0.3 is 0 Å². The number of anilines is 2. The fourth-order valence-electron chi connectivity index (χ4n) is 1.84. The van der Waals surface area contributed by atoms with Crippen LogP contribution in [0.25, 0.3) is 0 Å². The largest absolute Gasteiger partial charge is 0.389 e. The summed E-state index contributed by atoms with van der Waals surface area (Å²) in [6, 6.07) is 10.5. The molecule has 0 saturated heterocycles. The smallest absolute Gasteiger partial charge is 0.135 e. The Morgan fingerprint density at radius 1 is 1.11 bits per heavy atom. The molecule has 98 valence electrons. The SMILES string of the molecule is CN(c1ccc(F)cc1)c1cccc(F)c1C(N)=S. The number of benzene rings is 2. The molecule has 2 nitrogen and oxygen atoms in total. The second kappa shape index (κ2) is 5.32. The average Bonchev–Trinajstić information content (AvgIpc) is 2.38. The molecule has 0 spiro atoms. The zero-order valence-corrected chi connectivity index (χ0v) is 11.0. The summed E-state index contributed by atoms with van der Waals surface area (Å²) in [5.41, 5.74) is 7.00. The van der Waals surface area contributed by atoms with E-state index in [-0.39, 0.29) is 16.4 Å². The van der Waals surface area contributed by atoms with Gasteiger partial charge in [0.25, 0.3) is 0 Å². The van der Waals surface area contributed by atoms with E-state index in [1.54, 1.807) is 36.2 Å². The predicted molar refractivity (Wildman–Crippen MR) is 76.8 cm³/mol. The molecule has 0 saturated carbocycles. The molecule has 2 rings (SSSR count). The van der Waals surface area contributed by atoms with E-state index in [1.807, 2.05) is 0 Å². The fourth-order valence-corrected chi connectivity index (χ4v) is 2.04. The highest BCUT2D eigenvalue weighted by Crippen LogP contribution is 2.28. The number of nitrogens with zero attached hydrogens (tertiary/aromatic N) is 1. The first-order valence-electron chi connectivity index (χ1n) is 5.58. The van der Waals surface area contributed by atoms with E-state index in [4.69, 9.17) is 18.0 Å². The van der Waals surface area contributed by atoms with E-state index in [1.165, 1.54) is 18.2 Å². The van der Waals surface area contributed by atoms with Crippen molar-refractivity contribution in [2.75, 3.05) is 11.9 Å². The van der Waals surface area contributed by atoms with Gasteiger partial charge in [-0.25, -0.2) is 8.78 Å². The molecule has 0 atom stereocenters. The van der Waals surface area contributed by atoms with Crippen LogP contribution >= 0.6 is 12.2 Å². The van der Waals surface area contributed by atoms with Crippen molar-refractivity contribution in [1.29, 1.82) is 0 Å². The summed E-state index contributed by atoms with van der Waals surface area (Å²) in [5, 5.41) is 0. The molecule has 0 aromatic heterocycles. The van der Waals surface area contributed by atoms with E-state index in [9.17, 15) is 8.78 Å². The topological polar surface area (TPSA) is 29.3 Å². The molecule has 2 aromatic rings. The Morgan fingerprint density at radius 2 is 1.74 bits per heavy atom. The number of hydrogen-bond acceptors (Lipinski definition) is 2. The number of thiocarbonyl (C=S) groups is 1. The molecular formula is C14H12F2N2S. The summed E-state index contributed by atoms with van der Waals surface area (Å²) in [6.07, 6.45) is 0. The van der Waals surface area contributed by atoms with Crippen molar-refractivity contribution in [2.45, 2.75) is 0 Å². The van der Waals surface area contributed by atoms with Gasteiger partial charge in [-0.3, -0.25) is 0 Å². The van der Waals surface area contributed by atoms with Crippen LogP contribution in [-0.2, 0) is 0 Å². The highest BCUT2D eigenvalue weighted by molar-refractivity contribution is 7.80. The van der Waals surface area contributed by atoms with Crippen molar-refractivity contribution in [3.05, 3.63) is 59.7 Å². The zero-order chi connectivity index (χ0) is 14.0. The maximum Gasteiger partial charge on any atom is 0.135 e. The predicted octanol–water partition coefficient (Wildman–Crippen LogP) is 3.37. The molecule has 0 bridgehead atoms. The molecule has 19 heavy (non-hydrogen) atoms. The lowest BCUT2D eigenvalue weighted by Gasteiger charge is -2.22. The van der Waals surface area contributed by atoms with Crippen LogP contribution in [0.3, 0.4) is 0 Å². The van der Waals surface area contributed by atoms with Crippen molar-refractivity contribution in [3.8, 4) is 0 Å². The number of nitrogens with two attached hydrogens (primary N) is 1. The molecule has 0 fully saturated rings. The van der Waals surface area contributed by atoms with E-state index in [2.05, 4.69) is 0 Å². The Hall–Kier alpha value is -2.01. The van der Waals surface area contributed by atoms with Gasteiger partial charge in [0, 0.05) is 12.7 Å². The Kier molecular flexibility index (Phi) is 3.76. The first-order valence-corrected chi connectivity index (χ1v) is 5.99. The Bertz CT molecular complexity index is 611. The lowest BCUT2D eigenvalue weighted by molar-refractivity contribution is 0.625. The first kappa shape index (κ1) is 13.4. The molecule has 0 heterocycles. The molecule has 0 radical (unpaired) electrons. The van der Waals surface area contributed by atoms with Gasteiger partial charge in [-0.2, -0.15) is 0 Å². The summed E-state index contributed by atoms with van der Waals surface area (Å²) < 4.78 is 26.7. The Balaban J connectivity index is 2.49. The van der Waals surface area contributed by atoms with E-state index < -0.39 is 5.82 Å². The third-order valence-electron chi connectivity index (χ3n) is 2.81. The highest BCUT2D eigenvalue weighted by Gasteiger charge is 2.15. The van der Waals surface area contributed by atoms with Gasteiger partial charge < -0.3 is 10.6 Å². The van der Waals surface area contributed by atoms with Crippen molar-refractivity contribution in [3.63, 3.8) is 0 Å². The Labute approximate surface area is 115 Å². The molecule has 0 aliphatic rings. The average molecular weight is 278 g/mol. The van der Waals surface area contributed by atoms with Gasteiger partial charge in [-0.05, 0) is 36.4 Å². The Morgan fingerprint density at radius 3 is 2.32 bits per heavy atom. The van der Waals surface area contributed by atoms with Crippen molar-refractivity contribution < 1.29 is 8.78 Å². The van der Waals surface area contributed by atoms with Crippen LogP contribution in [0.15, 0.2) is 42.5 Å². The second-order valence-corrected chi connectivity index (χ2v) is 4.47. The minimum atomic E-state index is -0.473. The second-order valence-electron chi connectivity index (χ2n) is 4.03. The summed E-state index contributed by atoms with van der Waals surface area (Å²) in [5.74, 6) is -0.801. The molecule has 2 aromatic carbocycles. The third kappa shape index (κ3) is 2.71. The molecular weight excluding hydrogens is 266 g/mol. The quantitative estimate of drug-likeness (QED) is 0.873. The van der Waals surface area contributed by atoms with E-state index >= 15 is 0 Å². The molecule has 5 heteroatoms. The highest BCUT2D eigenvalue weighted by atomic mass is 32.1. The van der Waals surface area contributed by atoms with Gasteiger partial charge in [0.15, 0.2) is 0 Å². The minimum Gasteiger partial charge on any atom is -0.389 e. The molecule has 2 N–H and O–H groups in total. The standard InChI is InChI=1S/C14H12F2N2S/c1-18(10-7-5-9(15)6-8-10)12-4-2-3-11(16)13(12)14(17)19/h2-8H,1H3,(H2,17,19). The van der Waals surface area contributed by atoms with Crippen molar-refractivity contribution in [2.24, 2.45) is 5.73 Å². The number of halogens is 2. The number of rotatable bonds is 3. The van der Waals surface area contributed by atoms with Crippen LogP contribution in [0.5, 0.6) is 0 Å². The van der Waals surface area contributed by atoms with Crippen molar-refractivity contribution >= 4 is 28.6 Å². The van der Waals surface area contributed by atoms with E-state index in [0.717, 1.165) is 0 Å². The van der Waals surface area contributed by atoms with Gasteiger partial charge in [0.05, 0.1) is 11.3 Å². The summed E-state index contributed by atoms with van der Waals surface area (Å²) in [4.78, 5) is 1.69. The zero-order valence-electron chi connectivity index (χ0n) is 10.2. The van der Waals surface area contributed by atoms with Crippen LogP contribution in [0, 0.1) is 11.6 Å². The maximum atomic E-state index is 13.8. The van der Waals surface area contributed by atoms with Crippen molar-refractivity contribution in [1.82, 2.24) is 0 Å². The molecule has 0 aliphatic heterocycles. The van der Waals surface area contributed by atoms with Gasteiger partial charge in [-0.1, -0.05) is 18.3 Å². The lowest BCUT2D eigenvalue weighted by Crippen LogP contribution is -2.19. The monoisotopic (exact) mass is 278 g/mol. The summed E-state index contributed by atoms with van der Waals surface area (Å²) in [7, 11) is 1.74. The number of hydrogen-bond donors (Lipinski definition) is 1. The lowest BCUT2D eigenvalue weighted by atomic mass is 10.1. The van der Waals surface area contributed by atoms with Gasteiger partial charge in [-0.15, -0.1) is 0 Å². The molecule has 0 aliphatic carbocycles. The van der Waals surface area contributed by atoms with E-state index in [0.29, 0.717) is 11.4 Å². The normalized spacial score (nSPS) is 10.3. The first-order chi connectivity index (χ1) is 9.00. The summed E-state index contributed by atoms with van der Waals surface area (Å²) in [6.45, 7) is 0. The third-order valence-corrected chi connectivity index (χ3v) is 3.02. The van der Waals surface area contributed by atoms with Crippen LogP contribution < -0.4 is 10.6 Å². The molecule has 0 amide bonds. The van der Waals surface area contributed by atoms with Gasteiger partial charge in [0.1, 0.15) is 16.6 Å².